The van der Waals surface area contributed by atoms with E-state index in [1.54, 1.807) is 22.9 Å². The van der Waals surface area contributed by atoms with Gasteiger partial charge in [-0.25, -0.2) is 0 Å². The van der Waals surface area contributed by atoms with Crippen LogP contribution in [0.15, 0.2) is 53.5 Å². The number of rotatable bonds is 5. The average Bonchev–Trinajstić information content (AvgIpc) is 2.63. The van der Waals surface area contributed by atoms with Gasteiger partial charge in [0.2, 0.25) is 5.91 Å². The van der Waals surface area contributed by atoms with Crippen molar-refractivity contribution in [2.75, 3.05) is 6.54 Å². The first-order valence-electron chi connectivity index (χ1n) is 8.86. The minimum atomic E-state index is -0.00459. The molecule has 0 saturated carbocycles. The van der Waals surface area contributed by atoms with E-state index < -0.39 is 0 Å². The van der Waals surface area contributed by atoms with Gasteiger partial charge in [0.25, 0.3) is 5.56 Å². The highest BCUT2D eigenvalue weighted by atomic mass is 16.2. The van der Waals surface area contributed by atoms with Crippen molar-refractivity contribution in [1.29, 1.82) is 0 Å². The van der Waals surface area contributed by atoms with Crippen LogP contribution in [0, 0.1) is 5.92 Å². The molecule has 5 heteroatoms. The number of piperidine rings is 1. The Morgan fingerprint density at radius 3 is 2.68 bits per heavy atom. The van der Waals surface area contributed by atoms with E-state index in [0.29, 0.717) is 19.1 Å². The van der Waals surface area contributed by atoms with E-state index in [0.717, 1.165) is 30.5 Å². The van der Waals surface area contributed by atoms with Gasteiger partial charge in [-0.2, -0.15) is 0 Å². The summed E-state index contributed by atoms with van der Waals surface area (Å²) in [6.45, 7) is 4.13. The second-order valence-corrected chi connectivity index (χ2v) is 6.78. The minimum Gasteiger partial charge on any atom is -0.352 e. The van der Waals surface area contributed by atoms with Crippen LogP contribution >= 0.6 is 0 Å². The number of nitrogens with zero attached hydrogens (tertiary/aromatic N) is 1. The van der Waals surface area contributed by atoms with Gasteiger partial charge >= 0.3 is 0 Å². The number of benzene rings is 1. The van der Waals surface area contributed by atoms with Crippen molar-refractivity contribution in [3.63, 3.8) is 0 Å². The smallest absolute Gasteiger partial charge is 0.250 e. The van der Waals surface area contributed by atoms with Gasteiger partial charge in [0, 0.05) is 30.8 Å². The molecule has 2 aromatic rings. The zero-order valence-corrected chi connectivity index (χ0v) is 14.6. The third-order valence-corrected chi connectivity index (χ3v) is 4.74. The summed E-state index contributed by atoms with van der Waals surface area (Å²) in [6, 6.07) is 13.6. The highest BCUT2D eigenvalue weighted by Crippen LogP contribution is 2.16. The predicted octanol–water partition coefficient (Wildman–Crippen LogP) is 1.90. The normalized spacial score (nSPS) is 20.2. The Kier molecular flexibility index (Phi) is 5.66. The fourth-order valence-corrected chi connectivity index (χ4v) is 3.25. The Hall–Kier alpha value is -2.40. The number of hydrogen-bond donors (Lipinski definition) is 2. The monoisotopic (exact) mass is 339 g/mol. The maximum Gasteiger partial charge on any atom is 0.250 e. The lowest BCUT2D eigenvalue weighted by Crippen LogP contribution is -2.42. The molecule has 0 bridgehead atoms. The fourth-order valence-electron chi connectivity index (χ4n) is 3.25. The third-order valence-electron chi connectivity index (χ3n) is 4.74. The molecule has 5 nitrogen and oxygen atoms in total. The highest BCUT2D eigenvalue weighted by Gasteiger charge is 2.24. The molecule has 0 spiro atoms. The van der Waals surface area contributed by atoms with Gasteiger partial charge in [-0.15, -0.1) is 0 Å². The van der Waals surface area contributed by atoms with Crippen molar-refractivity contribution >= 4 is 5.91 Å². The Morgan fingerprint density at radius 1 is 1.20 bits per heavy atom. The topological polar surface area (TPSA) is 63.1 Å². The summed E-state index contributed by atoms with van der Waals surface area (Å²) in [7, 11) is 0. The SMILES string of the molecule is C[C@H]1C[C@@H](C(=O)NCc2ccc(Cn3ccccc3=O)cc2)CCN1. The minimum absolute atomic E-state index is 0.00459. The fraction of sp³-hybridized carbons (Fsp3) is 0.400. The number of aromatic nitrogens is 1. The van der Waals surface area contributed by atoms with Crippen LogP contribution < -0.4 is 16.2 Å². The molecule has 1 amide bonds. The summed E-state index contributed by atoms with van der Waals surface area (Å²) in [5.74, 6) is 0.258. The van der Waals surface area contributed by atoms with E-state index in [2.05, 4.69) is 17.6 Å². The van der Waals surface area contributed by atoms with Gasteiger partial charge in [0.05, 0.1) is 6.54 Å². The summed E-state index contributed by atoms with van der Waals surface area (Å²) in [6.07, 6.45) is 3.59. The Balaban J connectivity index is 1.53. The Morgan fingerprint density at radius 2 is 1.96 bits per heavy atom. The lowest BCUT2D eigenvalue weighted by atomic mass is 9.92. The summed E-state index contributed by atoms with van der Waals surface area (Å²) in [5.41, 5.74) is 2.13. The van der Waals surface area contributed by atoms with Crippen LogP contribution in [0.2, 0.25) is 0 Å². The number of pyridine rings is 1. The summed E-state index contributed by atoms with van der Waals surface area (Å²) < 4.78 is 1.68. The van der Waals surface area contributed by atoms with Crippen LogP contribution in [0.1, 0.15) is 30.9 Å². The molecule has 132 valence electrons. The van der Waals surface area contributed by atoms with Crippen LogP contribution in [0.3, 0.4) is 0 Å². The molecular formula is C20H25N3O2. The van der Waals surface area contributed by atoms with Crippen molar-refractivity contribution in [2.45, 2.75) is 38.9 Å². The first kappa shape index (κ1) is 17.4. The molecule has 1 aromatic carbocycles. The number of carbonyl (C=O) groups is 1. The van der Waals surface area contributed by atoms with Crippen molar-refractivity contribution in [3.05, 3.63) is 70.1 Å². The molecule has 1 saturated heterocycles. The second kappa shape index (κ2) is 8.12. The highest BCUT2D eigenvalue weighted by molar-refractivity contribution is 5.78. The maximum absolute atomic E-state index is 12.3. The Labute approximate surface area is 148 Å². The van der Waals surface area contributed by atoms with Gasteiger partial charge in [0.15, 0.2) is 0 Å². The molecule has 0 unspecified atom stereocenters. The predicted molar refractivity (Wildman–Crippen MR) is 98.3 cm³/mol. The molecule has 3 rings (SSSR count). The first-order valence-corrected chi connectivity index (χ1v) is 8.86. The van der Waals surface area contributed by atoms with Crippen molar-refractivity contribution in [3.8, 4) is 0 Å². The number of carbonyl (C=O) groups excluding carboxylic acids is 1. The molecule has 0 aliphatic carbocycles. The van der Waals surface area contributed by atoms with Crippen LogP contribution in [-0.2, 0) is 17.9 Å². The molecule has 0 radical (unpaired) electrons. The maximum atomic E-state index is 12.3. The van der Waals surface area contributed by atoms with Crippen LogP contribution in [0.25, 0.3) is 0 Å². The molecule has 2 heterocycles. The molecule has 2 N–H and O–H groups in total. The zero-order chi connectivity index (χ0) is 17.6. The summed E-state index contributed by atoms with van der Waals surface area (Å²) >= 11 is 0. The first-order chi connectivity index (χ1) is 12.1. The lowest BCUT2D eigenvalue weighted by Gasteiger charge is -2.27. The summed E-state index contributed by atoms with van der Waals surface area (Å²) in [4.78, 5) is 24.0. The number of nitrogens with one attached hydrogen (secondary N) is 2. The standard InChI is InChI=1S/C20H25N3O2/c1-15-12-18(9-10-21-15)20(25)22-13-16-5-7-17(8-6-16)14-23-11-3-2-4-19(23)24/h2-8,11,15,18,21H,9-10,12-14H2,1H3,(H,22,25)/t15-,18-/m0/s1. The molecule has 25 heavy (non-hydrogen) atoms. The van der Waals surface area contributed by atoms with Crippen LogP contribution in [0.4, 0.5) is 0 Å². The molecule has 1 aliphatic heterocycles. The Bertz CT molecular complexity index is 767. The molecular weight excluding hydrogens is 314 g/mol. The van der Waals surface area contributed by atoms with Gasteiger partial charge in [0.1, 0.15) is 0 Å². The largest absolute Gasteiger partial charge is 0.352 e. The van der Waals surface area contributed by atoms with Crippen LogP contribution in [-0.4, -0.2) is 23.1 Å². The van der Waals surface area contributed by atoms with Crippen molar-refractivity contribution < 1.29 is 4.79 Å². The molecule has 1 aliphatic rings. The van der Waals surface area contributed by atoms with Gasteiger partial charge in [-0.3, -0.25) is 9.59 Å². The van der Waals surface area contributed by atoms with Crippen molar-refractivity contribution in [1.82, 2.24) is 15.2 Å². The van der Waals surface area contributed by atoms with E-state index in [-0.39, 0.29) is 17.4 Å². The van der Waals surface area contributed by atoms with E-state index in [4.69, 9.17) is 0 Å². The third kappa shape index (κ3) is 4.79. The van der Waals surface area contributed by atoms with Gasteiger partial charge < -0.3 is 15.2 Å². The van der Waals surface area contributed by atoms with Crippen LogP contribution in [0.5, 0.6) is 0 Å². The van der Waals surface area contributed by atoms with Gasteiger partial charge in [-0.05, 0) is 43.5 Å². The van der Waals surface area contributed by atoms with E-state index in [1.165, 1.54) is 0 Å². The molecule has 1 aromatic heterocycles. The molecule has 2 atom stereocenters. The molecule has 1 fully saturated rings. The summed E-state index contributed by atoms with van der Waals surface area (Å²) in [5, 5.41) is 6.41. The van der Waals surface area contributed by atoms with E-state index in [9.17, 15) is 9.59 Å². The second-order valence-electron chi connectivity index (χ2n) is 6.78. The zero-order valence-electron chi connectivity index (χ0n) is 14.6. The number of hydrogen-bond acceptors (Lipinski definition) is 3. The van der Waals surface area contributed by atoms with Crippen molar-refractivity contribution in [2.24, 2.45) is 5.92 Å². The quantitative estimate of drug-likeness (QED) is 0.875. The van der Waals surface area contributed by atoms with Gasteiger partial charge in [-0.1, -0.05) is 30.3 Å². The lowest BCUT2D eigenvalue weighted by molar-refractivity contribution is -0.126. The number of amides is 1. The van der Waals surface area contributed by atoms with E-state index in [1.807, 2.05) is 30.3 Å². The average molecular weight is 339 g/mol. The van der Waals surface area contributed by atoms with E-state index >= 15 is 0 Å².